The first-order valence-electron chi connectivity index (χ1n) is 6.42. The van der Waals surface area contributed by atoms with Gasteiger partial charge in [-0.15, -0.1) is 0 Å². The van der Waals surface area contributed by atoms with Crippen molar-refractivity contribution in [1.29, 1.82) is 0 Å². The average Bonchev–Trinajstić information content (AvgIpc) is 2.22. The SMILES string of the molecule is CC(C)(C)OCCC1(c2ccccc2)CNC1. The molecule has 1 saturated heterocycles. The molecule has 2 heteroatoms. The summed E-state index contributed by atoms with van der Waals surface area (Å²) < 4.78 is 5.85. The van der Waals surface area contributed by atoms with E-state index in [1.807, 2.05) is 0 Å². The summed E-state index contributed by atoms with van der Waals surface area (Å²) in [5.41, 5.74) is 1.71. The monoisotopic (exact) mass is 233 g/mol. The minimum absolute atomic E-state index is 0.0327. The van der Waals surface area contributed by atoms with E-state index in [1.54, 1.807) is 0 Å². The van der Waals surface area contributed by atoms with Gasteiger partial charge < -0.3 is 10.1 Å². The topological polar surface area (TPSA) is 21.3 Å². The van der Waals surface area contributed by atoms with Gasteiger partial charge in [-0.2, -0.15) is 0 Å². The molecule has 17 heavy (non-hydrogen) atoms. The van der Waals surface area contributed by atoms with Crippen molar-refractivity contribution in [2.45, 2.75) is 38.2 Å². The van der Waals surface area contributed by atoms with Crippen molar-refractivity contribution in [2.75, 3.05) is 19.7 Å². The Morgan fingerprint density at radius 1 is 1.18 bits per heavy atom. The Morgan fingerprint density at radius 2 is 1.82 bits per heavy atom. The summed E-state index contributed by atoms with van der Waals surface area (Å²) in [6.07, 6.45) is 1.10. The normalized spacial score (nSPS) is 18.8. The van der Waals surface area contributed by atoms with Crippen molar-refractivity contribution in [3.63, 3.8) is 0 Å². The van der Waals surface area contributed by atoms with Crippen LogP contribution in [0.5, 0.6) is 0 Å². The second-order valence-electron chi connectivity index (χ2n) is 5.96. The van der Waals surface area contributed by atoms with Gasteiger partial charge in [-0.3, -0.25) is 0 Å². The highest BCUT2D eigenvalue weighted by Gasteiger charge is 2.38. The molecule has 1 aliphatic heterocycles. The first-order valence-corrected chi connectivity index (χ1v) is 6.42. The Hall–Kier alpha value is -0.860. The molecule has 0 unspecified atom stereocenters. The van der Waals surface area contributed by atoms with Gasteiger partial charge in [0.15, 0.2) is 0 Å². The summed E-state index contributed by atoms with van der Waals surface area (Å²) in [5, 5.41) is 3.39. The Bertz CT molecular complexity index is 349. The largest absolute Gasteiger partial charge is 0.376 e. The van der Waals surface area contributed by atoms with Crippen molar-refractivity contribution in [1.82, 2.24) is 5.32 Å². The van der Waals surface area contributed by atoms with Gasteiger partial charge in [0.05, 0.1) is 5.60 Å². The lowest BCUT2D eigenvalue weighted by atomic mass is 9.73. The smallest absolute Gasteiger partial charge is 0.0598 e. The van der Waals surface area contributed by atoms with Crippen LogP contribution in [-0.4, -0.2) is 25.3 Å². The maximum absolute atomic E-state index is 5.85. The number of rotatable bonds is 4. The zero-order valence-electron chi connectivity index (χ0n) is 11.1. The van der Waals surface area contributed by atoms with Gasteiger partial charge in [0.2, 0.25) is 0 Å². The van der Waals surface area contributed by atoms with Crippen LogP contribution in [0.15, 0.2) is 30.3 Å². The maximum Gasteiger partial charge on any atom is 0.0598 e. The molecule has 1 aromatic carbocycles. The van der Waals surface area contributed by atoms with E-state index < -0.39 is 0 Å². The zero-order valence-corrected chi connectivity index (χ0v) is 11.1. The van der Waals surface area contributed by atoms with Crippen molar-refractivity contribution in [3.8, 4) is 0 Å². The molecule has 0 radical (unpaired) electrons. The van der Waals surface area contributed by atoms with Crippen LogP contribution in [0.4, 0.5) is 0 Å². The molecule has 0 saturated carbocycles. The van der Waals surface area contributed by atoms with E-state index in [-0.39, 0.29) is 5.60 Å². The molecule has 1 N–H and O–H groups in total. The number of nitrogens with one attached hydrogen (secondary N) is 1. The average molecular weight is 233 g/mol. The minimum atomic E-state index is -0.0327. The van der Waals surface area contributed by atoms with Gasteiger partial charge in [-0.25, -0.2) is 0 Å². The maximum atomic E-state index is 5.85. The van der Waals surface area contributed by atoms with Crippen LogP contribution in [-0.2, 0) is 10.2 Å². The van der Waals surface area contributed by atoms with Crippen LogP contribution in [0.25, 0.3) is 0 Å². The van der Waals surface area contributed by atoms with E-state index in [2.05, 4.69) is 56.4 Å². The van der Waals surface area contributed by atoms with Gasteiger partial charge >= 0.3 is 0 Å². The molecule has 0 amide bonds. The third-order valence-corrected chi connectivity index (χ3v) is 3.43. The van der Waals surface area contributed by atoms with Crippen LogP contribution >= 0.6 is 0 Å². The highest BCUT2D eigenvalue weighted by atomic mass is 16.5. The standard InChI is InChI=1S/C15H23NO/c1-14(2,3)17-10-9-15(11-16-12-15)13-7-5-4-6-8-13/h4-8,16H,9-12H2,1-3H3. The Balaban J connectivity index is 1.97. The molecule has 0 bridgehead atoms. The molecule has 2 nitrogen and oxygen atoms in total. The lowest BCUT2D eigenvalue weighted by Crippen LogP contribution is -2.57. The number of hydrogen-bond acceptors (Lipinski definition) is 2. The van der Waals surface area contributed by atoms with Gasteiger partial charge in [0, 0.05) is 25.1 Å². The van der Waals surface area contributed by atoms with Crippen LogP contribution < -0.4 is 5.32 Å². The number of benzene rings is 1. The Kier molecular flexibility index (Phi) is 3.55. The third-order valence-electron chi connectivity index (χ3n) is 3.43. The van der Waals surface area contributed by atoms with Crippen molar-refractivity contribution < 1.29 is 4.74 Å². The molecule has 0 spiro atoms. The quantitative estimate of drug-likeness (QED) is 0.863. The molecule has 1 fully saturated rings. The summed E-state index contributed by atoms with van der Waals surface area (Å²) in [5.74, 6) is 0. The summed E-state index contributed by atoms with van der Waals surface area (Å²) in [6.45, 7) is 9.32. The summed E-state index contributed by atoms with van der Waals surface area (Å²) >= 11 is 0. The zero-order chi connectivity index (χ0) is 12.4. The molecule has 1 heterocycles. The van der Waals surface area contributed by atoms with Gasteiger partial charge in [-0.1, -0.05) is 30.3 Å². The van der Waals surface area contributed by atoms with E-state index in [0.717, 1.165) is 26.1 Å². The van der Waals surface area contributed by atoms with Crippen LogP contribution in [0.2, 0.25) is 0 Å². The lowest BCUT2D eigenvalue weighted by molar-refractivity contribution is -0.0156. The number of ether oxygens (including phenoxy) is 1. The number of hydrogen-bond donors (Lipinski definition) is 1. The van der Waals surface area contributed by atoms with Crippen molar-refractivity contribution >= 4 is 0 Å². The fraction of sp³-hybridized carbons (Fsp3) is 0.600. The van der Waals surface area contributed by atoms with E-state index in [9.17, 15) is 0 Å². The molecule has 1 aliphatic rings. The molecule has 2 rings (SSSR count). The van der Waals surface area contributed by atoms with E-state index in [1.165, 1.54) is 5.56 Å². The summed E-state index contributed by atoms with van der Waals surface area (Å²) in [7, 11) is 0. The molecular formula is C15H23NO. The first kappa shape index (κ1) is 12.6. The fourth-order valence-electron chi connectivity index (χ4n) is 2.30. The molecular weight excluding hydrogens is 210 g/mol. The van der Waals surface area contributed by atoms with E-state index >= 15 is 0 Å². The highest BCUT2D eigenvalue weighted by molar-refractivity contribution is 5.29. The van der Waals surface area contributed by atoms with Gasteiger partial charge in [-0.05, 0) is 32.8 Å². The van der Waals surface area contributed by atoms with Crippen molar-refractivity contribution in [3.05, 3.63) is 35.9 Å². The molecule has 0 aromatic heterocycles. The van der Waals surface area contributed by atoms with E-state index in [4.69, 9.17) is 4.74 Å². The lowest BCUT2D eigenvalue weighted by Gasteiger charge is -2.43. The van der Waals surface area contributed by atoms with Gasteiger partial charge in [0.1, 0.15) is 0 Å². The van der Waals surface area contributed by atoms with Crippen LogP contribution in [0.1, 0.15) is 32.8 Å². The van der Waals surface area contributed by atoms with E-state index in [0.29, 0.717) is 5.41 Å². The minimum Gasteiger partial charge on any atom is -0.376 e. The third kappa shape index (κ3) is 3.08. The summed E-state index contributed by atoms with van der Waals surface area (Å²) in [4.78, 5) is 0. The predicted octanol–water partition coefficient (Wildman–Crippen LogP) is 2.73. The predicted molar refractivity (Wildman–Crippen MR) is 71.3 cm³/mol. The molecule has 1 aromatic rings. The fourth-order valence-corrected chi connectivity index (χ4v) is 2.30. The van der Waals surface area contributed by atoms with Gasteiger partial charge in [0.25, 0.3) is 0 Å². The Labute approximate surface area is 104 Å². The second kappa shape index (κ2) is 4.79. The Morgan fingerprint density at radius 3 is 2.29 bits per heavy atom. The molecule has 0 aliphatic carbocycles. The van der Waals surface area contributed by atoms with Crippen LogP contribution in [0, 0.1) is 0 Å². The highest BCUT2D eigenvalue weighted by Crippen LogP contribution is 2.32. The first-order chi connectivity index (χ1) is 8.02. The molecule has 0 atom stereocenters. The van der Waals surface area contributed by atoms with Crippen molar-refractivity contribution in [2.24, 2.45) is 0 Å². The second-order valence-corrected chi connectivity index (χ2v) is 5.96. The van der Waals surface area contributed by atoms with Crippen LogP contribution in [0.3, 0.4) is 0 Å². The summed E-state index contributed by atoms with van der Waals surface area (Å²) in [6, 6.07) is 10.8. The molecule has 94 valence electrons.